The Labute approximate surface area is 468 Å². The second-order valence-corrected chi connectivity index (χ2v) is 18.0. The van der Waals surface area contributed by atoms with E-state index < -0.39 is 110 Å². The molecule has 0 nitrogen and oxygen atoms in total. The van der Waals surface area contributed by atoms with Crippen LogP contribution in [0.1, 0.15) is 140 Å². The normalized spacial score (nSPS) is 14.3. The smallest absolute Gasteiger partial charge is 0.847 e. The Morgan fingerprint density at radius 3 is 0.658 bits per heavy atom. The van der Waals surface area contributed by atoms with Gasteiger partial charge in [0.1, 0.15) is 41.0 Å². The Kier molecular flexibility index (Phi) is 33.5. The van der Waals surface area contributed by atoms with E-state index in [2.05, 4.69) is 0 Å². The number of benzene rings is 5. The average molecular weight is 1240 g/mol. The second kappa shape index (κ2) is 35.7. The predicted molar refractivity (Wildman–Crippen MR) is 256 cm³/mol. The first-order valence-corrected chi connectivity index (χ1v) is 24.8. The third-order valence-electron chi connectivity index (χ3n) is 12.4. The van der Waals surface area contributed by atoms with Crippen molar-refractivity contribution in [1.29, 1.82) is 0 Å². The van der Waals surface area contributed by atoms with Crippen molar-refractivity contribution in [2.75, 3.05) is 0 Å². The molecule has 9 rings (SSSR count). The van der Waals surface area contributed by atoms with Crippen LogP contribution >= 0.6 is 0 Å². The molecule has 0 unspecified atom stereocenters. The molecule has 0 aromatic heterocycles. The molecule has 0 radical (unpaired) electrons. The van der Waals surface area contributed by atoms with Crippen LogP contribution in [-0.2, 0) is 83.4 Å². The Hall–Kier alpha value is -2.55. The van der Waals surface area contributed by atoms with E-state index in [0.29, 0.717) is 0 Å². The fourth-order valence-electron chi connectivity index (χ4n) is 8.46. The zero-order valence-corrected chi connectivity index (χ0v) is 46.8. The van der Waals surface area contributed by atoms with Crippen molar-refractivity contribution in [2.45, 2.75) is 141 Å². The first kappa shape index (κ1) is 68.5. The van der Waals surface area contributed by atoms with Crippen LogP contribution in [0.3, 0.4) is 0 Å². The maximum Gasteiger partial charge on any atom is 4.00 e. The summed E-state index contributed by atoms with van der Waals surface area (Å²) in [6.45, 7) is -0.213. The van der Waals surface area contributed by atoms with Crippen molar-refractivity contribution in [3.05, 3.63) is 165 Å². The molecule has 0 heterocycles. The van der Waals surface area contributed by atoms with E-state index in [1.165, 1.54) is 134 Å². The molecule has 20 heteroatoms. The van der Waals surface area contributed by atoms with Crippen LogP contribution in [0.25, 0.3) is 0 Å². The quantitative estimate of drug-likeness (QED) is 0.0430. The molecule has 4 saturated carbocycles. The summed E-state index contributed by atoms with van der Waals surface area (Å²) in [5, 5.41) is 0. The van der Waals surface area contributed by atoms with Gasteiger partial charge in [-0.1, -0.05) is 170 Å². The van der Waals surface area contributed by atoms with Crippen molar-refractivity contribution in [3.63, 3.8) is 0 Å². The third-order valence-corrected chi connectivity index (χ3v) is 13.0. The van der Waals surface area contributed by atoms with E-state index in [1.54, 1.807) is 5.75 Å². The van der Waals surface area contributed by atoms with Crippen LogP contribution in [-0.4, -0.2) is 6.15 Å². The van der Waals surface area contributed by atoms with Crippen molar-refractivity contribution >= 4 is 47.8 Å². The average Bonchev–Trinajstić information content (AvgIpc) is 4.27. The summed E-state index contributed by atoms with van der Waals surface area (Å²) in [4.78, 5) is 0. The summed E-state index contributed by atoms with van der Waals surface area (Å²) in [5.74, 6) is -42.7. The van der Waals surface area contributed by atoms with Gasteiger partial charge in [-0.05, 0) is 0 Å². The molecule has 0 bridgehead atoms. The Morgan fingerprint density at radius 2 is 0.507 bits per heavy atom. The number of rotatable bonds is 5. The molecular weight excluding hydrogens is 1180 g/mol. The Bertz CT molecular complexity index is 2040. The van der Waals surface area contributed by atoms with Crippen molar-refractivity contribution < 1.29 is 118 Å². The molecule has 392 valence electrons. The Morgan fingerprint density at radius 1 is 0.329 bits per heavy atom. The van der Waals surface area contributed by atoms with Gasteiger partial charge in [0, 0.05) is 0 Å². The SMILES string of the molecule is C1CCCC1.C1CCCC1.C1CCCC1.C1CCCC1.C[B-](c1c(F)c(F)c(F)c(F)c1F)(c1c(F)c(F)c(F)c(F)c1F)c1c(F)c(F)c(F)c(F)c1F.[S-]Cc1ccccc1.[S-][CH-]c1ccccc1.[Zr+4].[Zr+4]. The van der Waals surface area contributed by atoms with Gasteiger partial charge in [-0.15, -0.1) is 28.5 Å². The molecule has 0 atom stereocenters. The van der Waals surface area contributed by atoms with Crippen LogP contribution in [0, 0.1) is 93.0 Å². The first-order valence-electron chi connectivity index (χ1n) is 23.8. The van der Waals surface area contributed by atoms with E-state index in [0.717, 1.165) is 11.3 Å². The van der Waals surface area contributed by atoms with Gasteiger partial charge in [0.2, 0.25) is 0 Å². The van der Waals surface area contributed by atoms with Crippen molar-refractivity contribution in [3.8, 4) is 0 Å². The van der Waals surface area contributed by atoms with Crippen molar-refractivity contribution in [2.24, 2.45) is 0 Å². The summed E-state index contributed by atoms with van der Waals surface area (Å²) >= 11 is 9.51. The number of halogens is 15. The van der Waals surface area contributed by atoms with E-state index in [-0.39, 0.29) is 59.2 Å². The maximum absolute atomic E-state index is 14.6. The van der Waals surface area contributed by atoms with Crippen LogP contribution in [0.15, 0.2) is 60.7 Å². The largest absolute Gasteiger partial charge is 4.00 e. The van der Waals surface area contributed by atoms with Crippen LogP contribution in [0.5, 0.6) is 0 Å². The maximum atomic E-state index is 14.6. The number of hydrogen-bond donors (Lipinski definition) is 0. The van der Waals surface area contributed by atoms with E-state index >= 15 is 0 Å². The first-order chi connectivity index (χ1) is 33.9. The monoisotopic (exact) mass is 1230 g/mol. The van der Waals surface area contributed by atoms with E-state index in [4.69, 9.17) is 25.3 Å². The van der Waals surface area contributed by atoms with Gasteiger partial charge >= 0.3 is 52.4 Å². The van der Waals surface area contributed by atoms with E-state index in [9.17, 15) is 65.9 Å². The molecule has 0 aliphatic heterocycles. The van der Waals surface area contributed by atoms with Crippen LogP contribution in [0.4, 0.5) is 65.9 Å². The second-order valence-electron chi connectivity index (χ2n) is 17.5. The minimum atomic E-state index is -5.41. The van der Waals surface area contributed by atoms with E-state index in [1.807, 2.05) is 60.7 Å². The fraction of sp³-hybridized carbons (Fsp3) is 0.415. The van der Waals surface area contributed by atoms with Gasteiger partial charge in [0.25, 0.3) is 0 Å². The summed E-state index contributed by atoms with van der Waals surface area (Å²) in [5.41, 5.74) is -5.57. The molecule has 0 saturated heterocycles. The van der Waals surface area contributed by atoms with Crippen LogP contribution < -0.4 is 16.4 Å². The fourth-order valence-corrected chi connectivity index (χ4v) is 8.81. The summed E-state index contributed by atoms with van der Waals surface area (Å²) in [6, 6.07) is 19.9. The van der Waals surface area contributed by atoms with Gasteiger partial charge in [-0.3, -0.25) is 0 Å². The van der Waals surface area contributed by atoms with Gasteiger partial charge in [0.05, 0.1) is 0 Å². The zero-order valence-electron chi connectivity index (χ0n) is 40.3. The molecule has 0 amide bonds. The molecular formula is C53H56BF15S2Zr2+4. The van der Waals surface area contributed by atoms with Gasteiger partial charge < -0.3 is 31.0 Å². The molecule has 4 aliphatic carbocycles. The molecule has 4 fully saturated rings. The minimum absolute atomic E-state index is 0. The predicted octanol–water partition coefficient (Wildman–Crippen LogP) is 16.1. The molecule has 4 aliphatic rings. The molecule has 5 aromatic carbocycles. The summed E-state index contributed by atoms with van der Waals surface area (Å²) in [6.07, 6.45) is 24.6. The summed E-state index contributed by atoms with van der Waals surface area (Å²) < 4.78 is 212. The van der Waals surface area contributed by atoms with Crippen LogP contribution in [0.2, 0.25) is 6.82 Å². The minimum Gasteiger partial charge on any atom is -0.847 e. The Balaban J connectivity index is 0.000000553. The summed E-state index contributed by atoms with van der Waals surface area (Å²) in [7, 11) is 0. The molecule has 73 heavy (non-hydrogen) atoms. The zero-order chi connectivity index (χ0) is 52.7. The van der Waals surface area contributed by atoms with Gasteiger partial charge in [-0.2, -0.15) is 24.7 Å². The van der Waals surface area contributed by atoms with Crippen molar-refractivity contribution in [1.82, 2.24) is 0 Å². The van der Waals surface area contributed by atoms with Gasteiger partial charge in [0.15, 0.2) is 52.4 Å². The standard InChI is InChI=1S/C19H3BF15.C7H8S.C7H6S.4C5H10.2Zr/c1-20(2-5(21)11(27)17(33)12(28)6(2)22,3-7(23)13(29)18(34)14(30)8(3)24)4-9(25)15(31)19(35)16(32)10(4)26;2*8-6-7-4-2-1-3-5-7;4*1-2-4-5-3-1;;/h1H3;1-5,8H,6H2;1-6H;4*1-5H2;;/q-1;;-2;;;;;2*+4/p-1. The molecule has 0 spiro atoms. The third kappa shape index (κ3) is 19.5. The molecule has 5 aromatic rings. The molecule has 0 N–H and O–H groups in total. The number of hydrogen-bond acceptors (Lipinski definition) is 2. The van der Waals surface area contributed by atoms with Gasteiger partial charge in [-0.25, -0.2) is 71.4 Å². The topological polar surface area (TPSA) is 0 Å².